The second kappa shape index (κ2) is 14.6. The molecule has 0 saturated carbocycles. The Morgan fingerprint density at radius 1 is 0.955 bits per heavy atom. The molecule has 4 aromatic rings. The van der Waals surface area contributed by atoms with Gasteiger partial charge in [-0.1, -0.05) is 58.4 Å². The van der Waals surface area contributed by atoms with E-state index in [4.69, 9.17) is 19.6 Å². The number of ether oxygens (including phenoxy) is 2. The molecule has 1 aliphatic heterocycles. The van der Waals surface area contributed by atoms with Gasteiger partial charge in [0.05, 0.1) is 6.61 Å². The Morgan fingerprint density at radius 3 is 2.34 bits per heavy atom. The number of nitrogens with zero attached hydrogens (tertiary/aromatic N) is 1. The van der Waals surface area contributed by atoms with E-state index in [0.717, 1.165) is 21.7 Å². The van der Waals surface area contributed by atoms with Crippen molar-refractivity contribution < 1.29 is 28.2 Å². The van der Waals surface area contributed by atoms with Crippen molar-refractivity contribution in [1.82, 2.24) is 10.9 Å². The molecular weight excluding hydrogens is 632 g/mol. The van der Waals surface area contributed by atoms with Crippen molar-refractivity contribution in [3.8, 4) is 5.75 Å². The summed E-state index contributed by atoms with van der Waals surface area (Å²) < 4.78 is 40.4. The second-order valence-electron chi connectivity index (χ2n) is 10.4. The van der Waals surface area contributed by atoms with Gasteiger partial charge in [0, 0.05) is 42.1 Å². The maximum absolute atomic E-state index is 14.2. The van der Waals surface area contributed by atoms with Crippen LogP contribution in [0.5, 0.6) is 5.75 Å². The molecule has 1 heterocycles. The molecule has 2 atom stereocenters. The number of hydrazine groups is 1. The third-order valence-corrected chi connectivity index (χ3v) is 7.71. The molecule has 0 saturated heterocycles. The van der Waals surface area contributed by atoms with Crippen LogP contribution in [0.15, 0.2) is 107 Å². The second-order valence-corrected chi connectivity index (χ2v) is 11.3. The number of halogens is 3. The SMILES string of the molecule is O=C(NNCCc1cc(F)cc(F)c1)[C@@]1(Cc2ccccc2)N=C(c2ccc(OCCCO)cc2)O[C@H]1c1ccc(Br)cc1. The van der Waals surface area contributed by atoms with Crippen LogP contribution in [0.2, 0.25) is 0 Å². The molecule has 0 aliphatic carbocycles. The fraction of sp³-hybridized carbons (Fsp3) is 0.235. The topological polar surface area (TPSA) is 92.2 Å². The average molecular weight is 665 g/mol. The summed E-state index contributed by atoms with van der Waals surface area (Å²) in [5, 5.41) is 9.03. The van der Waals surface area contributed by atoms with Gasteiger partial charge in [-0.3, -0.25) is 10.2 Å². The number of carbonyl (C=O) groups excluding carboxylic acids is 1. The summed E-state index contributed by atoms with van der Waals surface area (Å²) in [4.78, 5) is 19.2. The molecule has 4 aromatic carbocycles. The summed E-state index contributed by atoms with van der Waals surface area (Å²) in [7, 11) is 0. The molecule has 10 heteroatoms. The molecule has 0 aromatic heterocycles. The smallest absolute Gasteiger partial charge is 0.266 e. The van der Waals surface area contributed by atoms with Crippen LogP contribution in [0.25, 0.3) is 0 Å². The Bertz CT molecular complexity index is 1570. The summed E-state index contributed by atoms with van der Waals surface area (Å²) in [6.45, 7) is 0.665. The molecule has 1 amide bonds. The minimum atomic E-state index is -1.40. The number of carbonyl (C=O) groups is 1. The molecule has 228 valence electrons. The molecule has 5 rings (SSSR count). The molecule has 0 bridgehead atoms. The van der Waals surface area contributed by atoms with Crippen LogP contribution >= 0.6 is 15.9 Å². The molecule has 3 N–H and O–H groups in total. The molecule has 7 nitrogen and oxygen atoms in total. The summed E-state index contributed by atoms with van der Waals surface area (Å²) in [6.07, 6.45) is 0.277. The first-order valence-electron chi connectivity index (χ1n) is 14.2. The zero-order valence-electron chi connectivity index (χ0n) is 23.8. The number of hydrogen-bond donors (Lipinski definition) is 3. The van der Waals surface area contributed by atoms with Gasteiger partial charge in [-0.15, -0.1) is 0 Å². The number of hydrogen-bond acceptors (Lipinski definition) is 6. The Kier molecular flexibility index (Phi) is 10.4. The Balaban J connectivity index is 1.45. The van der Waals surface area contributed by atoms with Crippen molar-refractivity contribution in [2.45, 2.75) is 30.9 Å². The van der Waals surface area contributed by atoms with Crippen LogP contribution in [-0.2, 0) is 22.4 Å². The van der Waals surface area contributed by atoms with Crippen LogP contribution < -0.4 is 15.6 Å². The standard InChI is InChI=1S/C34H32BrF2N3O4/c35-27-11-7-25(8-12-27)31-34(22-23-5-2-1-3-6-23,33(42)40-38-16-15-24-19-28(36)21-29(37)20-24)39-32(44-31)26-9-13-30(14-10-26)43-18-4-17-41/h1-3,5-14,19-21,31,38,41H,4,15-18,22H2,(H,40,42)/t31-,34-/m0/s1. The molecule has 0 spiro atoms. The lowest BCUT2D eigenvalue weighted by Gasteiger charge is -2.31. The summed E-state index contributed by atoms with van der Waals surface area (Å²) in [5.41, 5.74) is 7.09. The van der Waals surface area contributed by atoms with Gasteiger partial charge in [0.2, 0.25) is 5.90 Å². The van der Waals surface area contributed by atoms with Crippen molar-refractivity contribution >= 4 is 27.7 Å². The van der Waals surface area contributed by atoms with Crippen LogP contribution in [0.3, 0.4) is 0 Å². The van der Waals surface area contributed by atoms with Crippen LogP contribution in [0.1, 0.15) is 34.8 Å². The minimum Gasteiger partial charge on any atom is -0.494 e. The predicted molar refractivity (Wildman–Crippen MR) is 167 cm³/mol. The monoisotopic (exact) mass is 663 g/mol. The highest BCUT2D eigenvalue weighted by Gasteiger charge is 2.53. The number of rotatable bonds is 13. The van der Waals surface area contributed by atoms with E-state index in [1.54, 1.807) is 12.1 Å². The fourth-order valence-corrected chi connectivity index (χ4v) is 5.30. The molecule has 0 radical (unpaired) electrons. The van der Waals surface area contributed by atoms with E-state index in [2.05, 4.69) is 26.8 Å². The van der Waals surface area contributed by atoms with Gasteiger partial charge in [-0.25, -0.2) is 19.2 Å². The first-order chi connectivity index (χ1) is 21.4. The Hall–Kier alpha value is -4.12. The van der Waals surface area contributed by atoms with E-state index < -0.39 is 29.2 Å². The number of aliphatic hydroxyl groups excluding tert-OH is 1. The summed E-state index contributed by atoms with van der Waals surface area (Å²) >= 11 is 3.48. The van der Waals surface area contributed by atoms with E-state index in [0.29, 0.717) is 35.8 Å². The highest BCUT2D eigenvalue weighted by Crippen LogP contribution is 2.42. The van der Waals surface area contributed by atoms with Gasteiger partial charge < -0.3 is 14.6 Å². The molecule has 1 aliphatic rings. The van der Waals surface area contributed by atoms with E-state index in [1.807, 2.05) is 66.7 Å². The molecular formula is C34H32BrF2N3O4. The number of aliphatic imine (C=N–C) groups is 1. The van der Waals surface area contributed by atoms with Gasteiger partial charge in [-0.05, 0) is 71.6 Å². The van der Waals surface area contributed by atoms with E-state index >= 15 is 0 Å². The number of nitrogens with one attached hydrogen (secondary N) is 2. The maximum atomic E-state index is 14.2. The maximum Gasteiger partial charge on any atom is 0.266 e. The lowest BCUT2D eigenvalue weighted by molar-refractivity contribution is -0.130. The number of aliphatic hydroxyl groups is 1. The fourth-order valence-electron chi connectivity index (χ4n) is 5.04. The zero-order chi connectivity index (χ0) is 30.9. The van der Waals surface area contributed by atoms with Crippen LogP contribution in [-0.4, -0.2) is 42.2 Å². The summed E-state index contributed by atoms with van der Waals surface area (Å²) in [6, 6.07) is 27.7. The van der Waals surface area contributed by atoms with E-state index in [1.165, 1.54) is 12.1 Å². The van der Waals surface area contributed by atoms with Crippen LogP contribution in [0, 0.1) is 11.6 Å². The Labute approximate surface area is 263 Å². The molecule has 44 heavy (non-hydrogen) atoms. The quantitative estimate of drug-likeness (QED) is 0.123. The van der Waals surface area contributed by atoms with Crippen molar-refractivity contribution in [3.63, 3.8) is 0 Å². The third-order valence-electron chi connectivity index (χ3n) is 7.18. The lowest BCUT2D eigenvalue weighted by atomic mass is 9.82. The number of amides is 1. The van der Waals surface area contributed by atoms with Crippen molar-refractivity contribution in [2.75, 3.05) is 19.8 Å². The third kappa shape index (κ3) is 7.68. The normalized spacial score (nSPS) is 17.5. The van der Waals surface area contributed by atoms with Gasteiger partial charge in [0.1, 0.15) is 17.4 Å². The van der Waals surface area contributed by atoms with E-state index in [-0.39, 0.29) is 26.0 Å². The van der Waals surface area contributed by atoms with Crippen molar-refractivity contribution in [2.24, 2.45) is 4.99 Å². The number of benzene rings is 4. The van der Waals surface area contributed by atoms with Gasteiger partial charge >= 0.3 is 0 Å². The molecule has 0 fully saturated rings. The predicted octanol–water partition coefficient (Wildman–Crippen LogP) is 5.85. The van der Waals surface area contributed by atoms with Crippen molar-refractivity contribution in [3.05, 3.63) is 135 Å². The lowest BCUT2D eigenvalue weighted by Crippen LogP contribution is -2.54. The first kappa shape index (κ1) is 31.3. The average Bonchev–Trinajstić information content (AvgIpc) is 3.40. The Morgan fingerprint density at radius 2 is 1.66 bits per heavy atom. The van der Waals surface area contributed by atoms with Crippen molar-refractivity contribution in [1.29, 1.82) is 0 Å². The highest BCUT2D eigenvalue weighted by molar-refractivity contribution is 9.10. The summed E-state index contributed by atoms with van der Waals surface area (Å²) in [5.74, 6) is -0.781. The highest BCUT2D eigenvalue weighted by atomic mass is 79.9. The largest absolute Gasteiger partial charge is 0.494 e. The van der Waals surface area contributed by atoms with Gasteiger partial charge in [0.25, 0.3) is 5.91 Å². The molecule has 0 unspecified atom stereocenters. The first-order valence-corrected chi connectivity index (χ1v) is 15.0. The minimum absolute atomic E-state index is 0.0456. The van der Waals surface area contributed by atoms with Gasteiger partial charge in [0.15, 0.2) is 11.6 Å². The van der Waals surface area contributed by atoms with Gasteiger partial charge in [-0.2, -0.15) is 0 Å². The van der Waals surface area contributed by atoms with E-state index in [9.17, 15) is 13.6 Å². The zero-order valence-corrected chi connectivity index (χ0v) is 25.4. The van der Waals surface area contributed by atoms with Crippen LogP contribution in [0.4, 0.5) is 8.78 Å².